The molecule has 2 aromatic rings. The fourth-order valence-electron chi connectivity index (χ4n) is 2.01. The van der Waals surface area contributed by atoms with Crippen LogP contribution in [0.1, 0.15) is 18.9 Å². The van der Waals surface area contributed by atoms with Crippen LogP contribution in [0.15, 0.2) is 40.9 Å². The van der Waals surface area contributed by atoms with Gasteiger partial charge in [-0.3, -0.25) is 4.79 Å². The van der Waals surface area contributed by atoms with Crippen LogP contribution in [0.25, 0.3) is 0 Å². The van der Waals surface area contributed by atoms with Gasteiger partial charge in [-0.1, -0.05) is 22.9 Å². The van der Waals surface area contributed by atoms with Gasteiger partial charge in [0.15, 0.2) is 6.61 Å². The summed E-state index contributed by atoms with van der Waals surface area (Å²) in [6.07, 6.45) is 0.945. The van der Waals surface area contributed by atoms with E-state index in [2.05, 4.69) is 21.2 Å². The predicted octanol–water partition coefficient (Wildman–Crippen LogP) is 4.27. The Morgan fingerprint density at radius 1 is 1.12 bits per heavy atom. The molecule has 0 aliphatic carbocycles. The fraction of sp³-hybridized carbons (Fsp3) is 0.278. The second-order valence-electron chi connectivity index (χ2n) is 5.22. The Morgan fingerprint density at radius 3 is 2.38 bits per heavy atom. The molecule has 0 saturated heterocycles. The molecule has 5 nitrogen and oxygen atoms in total. The number of phenolic OH excluding ortho intramolecular Hbond substituents is 1. The molecule has 0 unspecified atom stereocenters. The average Bonchev–Trinajstić information content (AvgIpc) is 2.59. The molecule has 1 amide bonds. The van der Waals surface area contributed by atoms with E-state index >= 15 is 0 Å². The summed E-state index contributed by atoms with van der Waals surface area (Å²) >= 11 is 3.36. The van der Waals surface area contributed by atoms with Crippen LogP contribution in [-0.2, 0) is 4.79 Å². The number of rotatable bonds is 7. The monoisotopic (exact) mass is 393 g/mol. The minimum atomic E-state index is -0.349. The van der Waals surface area contributed by atoms with Gasteiger partial charge >= 0.3 is 0 Å². The van der Waals surface area contributed by atoms with Gasteiger partial charge in [-0.25, -0.2) is 0 Å². The minimum absolute atomic E-state index is 0.0153. The first-order valence-corrected chi connectivity index (χ1v) is 8.44. The second kappa shape index (κ2) is 8.59. The summed E-state index contributed by atoms with van der Waals surface area (Å²) in [5.41, 5.74) is 1.13. The minimum Gasteiger partial charge on any atom is -0.506 e. The van der Waals surface area contributed by atoms with E-state index in [-0.39, 0.29) is 18.3 Å². The number of aromatic hydroxyl groups is 1. The first-order valence-electron chi connectivity index (χ1n) is 7.65. The number of carbonyl (C=O) groups excluding carboxylic acids is 1. The highest BCUT2D eigenvalue weighted by Gasteiger charge is 2.12. The highest BCUT2D eigenvalue weighted by atomic mass is 79.9. The summed E-state index contributed by atoms with van der Waals surface area (Å²) in [6, 6.07) is 10.3. The highest BCUT2D eigenvalue weighted by molar-refractivity contribution is 9.10. The van der Waals surface area contributed by atoms with E-state index in [1.54, 1.807) is 37.3 Å². The van der Waals surface area contributed by atoms with Crippen LogP contribution in [0.3, 0.4) is 0 Å². The molecule has 24 heavy (non-hydrogen) atoms. The van der Waals surface area contributed by atoms with Gasteiger partial charge in [0.1, 0.15) is 17.2 Å². The molecule has 2 rings (SSSR count). The van der Waals surface area contributed by atoms with Gasteiger partial charge in [-0.2, -0.15) is 0 Å². The Hall–Kier alpha value is -2.21. The number of amides is 1. The molecule has 2 N–H and O–H groups in total. The Labute approximate surface area is 149 Å². The van der Waals surface area contributed by atoms with Crippen molar-refractivity contribution in [2.24, 2.45) is 0 Å². The molecular weight excluding hydrogens is 374 g/mol. The number of hydrogen-bond acceptors (Lipinski definition) is 4. The van der Waals surface area contributed by atoms with Crippen molar-refractivity contribution >= 4 is 27.5 Å². The first kappa shape index (κ1) is 18.1. The SMILES string of the molecule is CCCOc1ccc(OCC(=O)Nc2c(O)ccc(Br)c2C)cc1. The third kappa shape index (κ3) is 4.89. The van der Waals surface area contributed by atoms with Crippen LogP contribution >= 0.6 is 15.9 Å². The van der Waals surface area contributed by atoms with E-state index < -0.39 is 0 Å². The maximum atomic E-state index is 12.0. The largest absolute Gasteiger partial charge is 0.506 e. The lowest BCUT2D eigenvalue weighted by Gasteiger charge is -2.12. The molecule has 0 aliphatic heterocycles. The Bertz CT molecular complexity index is 701. The molecule has 0 heterocycles. The van der Waals surface area contributed by atoms with Crippen molar-refractivity contribution in [3.63, 3.8) is 0 Å². The molecule has 2 aromatic carbocycles. The molecule has 0 radical (unpaired) electrons. The summed E-state index contributed by atoms with van der Waals surface area (Å²) in [6.45, 7) is 4.36. The van der Waals surface area contributed by atoms with E-state index in [0.29, 0.717) is 18.0 Å². The Morgan fingerprint density at radius 2 is 1.75 bits per heavy atom. The van der Waals surface area contributed by atoms with Crippen molar-refractivity contribution in [1.82, 2.24) is 0 Å². The zero-order chi connectivity index (χ0) is 17.5. The normalized spacial score (nSPS) is 10.3. The molecule has 0 bridgehead atoms. The van der Waals surface area contributed by atoms with Crippen LogP contribution in [0.5, 0.6) is 17.2 Å². The van der Waals surface area contributed by atoms with E-state index in [1.165, 1.54) is 6.07 Å². The fourth-order valence-corrected chi connectivity index (χ4v) is 2.34. The lowest BCUT2D eigenvalue weighted by Crippen LogP contribution is -2.20. The Balaban J connectivity index is 1.91. The van der Waals surface area contributed by atoms with E-state index in [4.69, 9.17) is 9.47 Å². The van der Waals surface area contributed by atoms with Gasteiger partial charge in [0.2, 0.25) is 0 Å². The van der Waals surface area contributed by atoms with Crippen molar-refractivity contribution < 1.29 is 19.4 Å². The number of hydrogen-bond donors (Lipinski definition) is 2. The zero-order valence-corrected chi connectivity index (χ0v) is 15.2. The maximum Gasteiger partial charge on any atom is 0.262 e. The number of nitrogens with one attached hydrogen (secondary N) is 1. The summed E-state index contributed by atoms with van der Waals surface area (Å²) in [5.74, 6) is 1.01. The summed E-state index contributed by atoms with van der Waals surface area (Å²) in [4.78, 5) is 12.0. The molecule has 128 valence electrons. The van der Waals surface area contributed by atoms with Gasteiger partial charge in [-0.05, 0) is 55.3 Å². The van der Waals surface area contributed by atoms with Gasteiger partial charge in [0.05, 0.1) is 12.3 Å². The quantitative estimate of drug-likeness (QED) is 0.689. The van der Waals surface area contributed by atoms with Crippen LogP contribution in [0.4, 0.5) is 5.69 Å². The predicted molar refractivity (Wildman–Crippen MR) is 96.9 cm³/mol. The van der Waals surface area contributed by atoms with E-state index in [9.17, 15) is 9.90 Å². The van der Waals surface area contributed by atoms with E-state index in [1.807, 2.05) is 6.92 Å². The topological polar surface area (TPSA) is 67.8 Å². The van der Waals surface area contributed by atoms with Crippen LogP contribution in [0.2, 0.25) is 0 Å². The van der Waals surface area contributed by atoms with Gasteiger partial charge in [-0.15, -0.1) is 0 Å². The Kier molecular flexibility index (Phi) is 6.49. The lowest BCUT2D eigenvalue weighted by atomic mass is 10.2. The molecule has 6 heteroatoms. The number of benzene rings is 2. The maximum absolute atomic E-state index is 12.0. The highest BCUT2D eigenvalue weighted by Crippen LogP contribution is 2.32. The molecule has 0 aromatic heterocycles. The third-order valence-electron chi connectivity index (χ3n) is 3.31. The number of ether oxygens (including phenoxy) is 2. The molecule has 0 saturated carbocycles. The number of anilines is 1. The second-order valence-corrected chi connectivity index (χ2v) is 6.08. The van der Waals surface area contributed by atoms with Gasteiger partial charge < -0.3 is 19.9 Å². The smallest absolute Gasteiger partial charge is 0.262 e. The van der Waals surface area contributed by atoms with Crippen LogP contribution in [0, 0.1) is 6.92 Å². The van der Waals surface area contributed by atoms with Crippen LogP contribution < -0.4 is 14.8 Å². The summed E-state index contributed by atoms with van der Waals surface area (Å²) in [7, 11) is 0. The zero-order valence-electron chi connectivity index (χ0n) is 13.6. The standard InChI is InChI=1S/C18H20BrNO4/c1-3-10-23-13-4-6-14(7-5-13)24-11-17(22)20-18-12(2)15(19)8-9-16(18)21/h4-9,21H,3,10-11H2,1-2H3,(H,20,22). The average molecular weight is 394 g/mol. The van der Waals surface area contributed by atoms with Crippen LogP contribution in [-0.4, -0.2) is 24.2 Å². The van der Waals surface area contributed by atoms with Gasteiger partial charge in [0.25, 0.3) is 5.91 Å². The van der Waals surface area contributed by atoms with Crippen molar-refractivity contribution in [1.29, 1.82) is 0 Å². The van der Waals surface area contributed by atoms with Crippen molar-refractivity contribution in [3.8, 4) is 17.2 Å². The first-order chi connectivity index (χ1) is 11.5. The molecule has 0 fully saturated rings. The van der Waals surface area contributed by atoms with Crippen molar-refractivity contribution in [2.45, 2.75) is 20.3 Å². The van der Waals surface area contributed by atoms with E-state index in [0.717, 1.165) is 22.2 Å². The molecule has 0 aliphatic rings. The number of halogens is 1. The van der Waals surface area contributed by atoms with Crippen molar-refractivity contribution in [2.75, 3.05) is 18.5 Å². The van der Waals surface area contributed by atoms with Gasteiger partial charge in [0, 0.05) is 4.47 Å². The third-order valence-corrected chi connectivity index (χ3v) is 4.17. The summed E-state index contributed by atoms with van der Waals surface area (Å²) < 4.78 is 11.7. The lowest BCUT2D eigenvalue weighted by molar-refractivity contribution is -0.118. The summed E-state index contributed by atoms with van der Waals surface area (Å²) in [5, 5.41) is 12.5. The van der Waals surface area contributed by atoms with Crippen molar-refractivity contribution in [3.05, 3.63) is 46.4 Å². The molecular formula is C18H20BrNO4. The molecule has 0 atom stereocenters. The number of phenols is 1. The molecule has 0 spiro atoms. The number of carbonyl (C=O) groups is 1.